The fraction of sp³-hybridized carbons (Fsp3) is 0.176. The Hall–Kier alpha value is -2.62. The smallest absolute Gasteiger partial charge is 0.330 e. The van der Waals surface area contributed by atoms with Crippen LogP contribution >= 0.6 is 0 Å². The van der Waals surface area contributed by atoms with Crippen molar-refractivity contribution in [2.45, 2.75) is 19.4 Å². The van der Waals surface area contributed by atoms with Crippen molar-refractivity contribution in [3.8, 4) is 0 Å². The number of carboxylic acids is 1. The van der Waals surface area contributed by atoms with E-state index in [1.165, 1.54) is 0 Å². The van der Waals surface area contributed by atoms with E-state index >= 15 is 0 Å². The van der Waals surface area contributed by atoms with Gasteiger partial charge in [0.2, 0.25) is 0 Å². The van der Waals surface area contributed by atoms with E-state index in [1.807, 2.05) is 19.1 Å². The van der Waals surface area contributed by atoms with Gasteiger partial charge < -0.3 is 10.4 Å². The van der Waals surface area contributed by atoms with E-state index in [2.05, 4.69) is 5.32 Å². The van der Waals surface area contributed by atoms with Crippen molar-refractivity contribution in [3.63, 3.8) is 0 Å². The van der Waals surface area contributed by atoms with E-state index in [-0.39, 0.29) is 5.91 Å². The molecule has 0 aromatic heterocycles. The molecule has 0 spiro atoms. The van der Waals surface area contributed by atoms with Crippen LogP contribution in [0.25, 0.3) is 0 Å². The van der Waals surface area contributed by atoms with Crippen LogP contribution in [0.4, 0.5) is 0 Å². The molecule has 1 unspecified atom stereocenters. The molecule has 0 aliphatic carbocycles. The predicted octanol–water partition coefficient (Wildman–Crippen LogP) is 2.80. The van der Waals surface area contributed by atoms with Crippen LogP contribution in [0.5, 0.6) is 0 Å². The number of carbonyl (C=O) groups is 2. The lowest BCUT2D eigenvalue weighted by atomic mass is 10.0. The summed E-state index contributed by atoms with van der Waals surface area (Å²) in [5.74, 6) is -1.45. The van der Waals surface area contributed by atoms with E-state index in [9.17, 15) is 14.7 Å². The van der Waals surface area contributed by atoms with Crippen LogP contribution in [0.3, 0.4) is 0 Å². The number of nitrogens with one attached hydrogen (secondary N) is 1. The third kappa shape index (κ3) is 3.48. The summed E-state index contributed by atoms with van der Waals surface area (Å²) >= 11 is 0. The summed E-state index contributed by atoms with van der Waals surface area (Å²) in [7, 11) is 0. The van der Waals surface area contributed by atoms with Crippen molar-refractivity contribution >= 4 is 11.9 Å². The molecule has 21 heavy (non-hydrogen) atoms. The van der Waals surface area contributed by atoms with Crippen molar-refractivity contribution in [1.82, 2.24) is 5.32 Å². The van der Waals surface area contributed by atoms with Gasteiger partial charge in [-0.2, -0.15) is 0 Å². The van der Waals surface area contributed by atoms with Gasteiger partial charge in [0.15, 0.2) is 6.04 Å². The molecule has 2 aromatic rings. The van der Waals surface area contributed by atoms with Crippen LogP contribution < -0.4 is 5.32 Å². The number of aryl methyl sites for hydroxylation is 1. The summed E-state index contributed by atoms with van der Waals surface area (Å²) in [5.41, 5.74) is 1.96. The van der Waals surface area contributed by atoms with Gasteiger partial charge in [0.25, 0.3) is 5.91 Å². The summed E-state index contributed by atoms with van der Waals surface area (Å²) in [6, 6.07) is 14.8. The van der Waals surface area contributed by atoms with Crippen molar-refractivity contribution in [1.29, 1.82) is 0 Å². The lowest BCUT2D eigenvalue weighted by Gasteiger charge is -2.16. The zero-order valence-corrected chi connectivity index (χ0v) is 11.7. The van der Waals surface area contributed by atoms with Gasteiger partial charge in [-0.25, -0.2) is 4.79 Å². The molecule has 0 fully saturated rings. The standard InChI is InChI=1S/C17H17NO3/c1-2-12-8-6-7-11-14(12)16(19)18-15(17(20)21)13-9-4-3-5-10-13/h3-11,15H,2H2,1H3,(H,18,19)(H,20,21). The highest BCUT2D eigenvalue weighted by atomic mass is 16.4. The quantitative estimate of drug-likeness (QED) is 0.886. The average molecular weight is 283 g/mol. The molecule has 4 nitrogen and oxygen atoms in total. The largest absolute Gasteiger partial charge is 0.479 e. The summed E-state index contributed by atoms with van der Waals surface area (Å²) in [4.78, 5) is 23.7. The Morgan fingerprint density at radius 2 is 1.67 bits per heavy atom. The van der Waals surface area contributed by atoms with Gasteiger partial charge in [-0.3, -0.25) is 4.79 Å². The maximum absolute atomic E-state index is 12.3. The fourth-order valence-electron chi connectivity index (χ4n) is 2.19. The summed E-state index contributed by atoms with van der Waals surface area (Å²) in [6.07, 6.45) is 0.715. The molecule has 0 heterocycles. The Balaban J connectivity index is 2.25. The molecule has 0 saturated carbocycles. The maximum atomic E-state index is 12.3. The Morgan fingerprint density at radius 3 is 2.29 bits per heavy atom. The van der Waals surface area contributed by atoms with Crippen molar-refractivity contribution in [2.75, 3.05) is 0 Å². The number of aliphatic carboxylic acids is 1. The van der Waals surface area contributed by atoms with E-state index in [0.29, 0.717) is 17.5 Å². The van der Waals surface area contributed by atoms with E-state index in [0.717, 1.165) is 5.56 Å². The maximum Gasteiger partial charge on any atom is 0.330 e. The van der Waals surface area contributed by atoms with E-state index < -0.39 is 12.0 Å². The molecule has 0 aliphatic rings. The zero-order chi connectivity index (χ0) is 15.2. The lowest BCUT2D eigenvalue weighted by Crippen LogP contribution is -2.34. The number of hydrogen-bond donors (Lipinski definition) is 2. The van der Waals surface area contributed by atoms with Crippen LogP contribution in [-0.4, -0.2) is 17.0 Å². The Kier molecular flexibility index (Phi) is 4.72. The normalized spacial score (nSPS) is 11.7. The molecular formula is C17H17NO3. The highest BCUT2D eigenvalue weighted by molar-refractivity contribution is 5.98. The van der Waals surface area contributed by atoms with Crippen LogP contribution in [0.15, 0.2) is 54.6 Å². The van der Waals surface area contributed by atoms with Gasteiger partial charge >= 0.3 is 5.97 Å². The molecule has 2 N–H and O–H groups in total. The molecule has 1 atom stereocenters. The Morgan fingerprint density at radius 1 is 1.05 bits per heavy atom. The number of benzene rings is 2. The number of rotatable bonds is 5. The predicted molar refractivity (Wildman–Crippen MR) is 80.1 cm³/mol. The van der Waals surface area contributed by atoms with Gasteiger partial charge in [0, 0.05) is 5.56 Å². The monoisotopic (exact) mass is 283 g/mol. The number of amides is 1. The molecular weight excluding hydrogens is 266 g/mol. The van der Waals surface area contributed by atoms with Gasteiger partial charge in [-0.1, -0.05) is 55.5 Å². The third-order valence-corrected chi connectivity index (χ3v) is 3.30. The minimum Gasteiger partial charge on any atom is -0.479 e. The van der Waals surface area contributed by atoms with Gasteiger partial charge in [0.1, 0.15) is 0 Å². The second kappa shape index (κ2) is 6.70. The average Bonchev–Trinajstić information content (AvgIpc) is 2.52. The van der Waals surface area contributed by atoms with Crippen LogP contribution in [0.1, 0.15) is 34.5 Å². The number of hydrogen-bond acceptors (Lipinski definition) is 2. The first-order valence-electron chi connectivity index (χ1n) is 6.80. The zero-order valence-electron chi connectivity index (χ0n) is 11.7. The van der Waals surface area contributed by atoms with Crippen LogP contribution in [-0.2, 0) is 11.2 Å². The minimum atomic E-state index is -1.08. The topological polar surface area (TPSA) is 66.4 Å². The summed E-state index contributed by atoms with van der Waals surface area (Å²) in [5, 5.41) is 11.9. The minimum absolute atomic E-state index is 0.372. The molecule has 108 valence electrons. The van der Waals surface area contributed by atoms with E-state index in [4.69, 9.17) is 0 Å². The highest BCUT2D eigenvalue weighted by Crippen LogP contribution is 2.15. The molecule has 1 amide bonds. The summed E-state index contributed by atoms with van der Waals surface area (Å²) < 4.78 is 0. The van der Waals surface area contributed by atoms with Gasteiger partial charge in [-0.05, 0) is 23.6 Å². The second-order valence-corrected chi connectivity index (χ2v) is 4.67. The first-order chi connectivity index (χ1) is 10.1. The highest BCUT2D eigenvalue weighted by Gasteiger charge is 2.23. The molecule has 2 rings (SSSR count). The third-order valence-electron chi connectivity index (χ3n) is 3.30. The lowest BCUT2D eigenvalue weighted by molar-refractivity contribution is -0.139. The molecule has 0 bridgehead atoms. The van der Waals surface area contributed by atoms with E-state index in [1.54, 1.807) is 42.5 Å². The van der Waals surface area contributed by atoms with Gasteiger partial charge in [-0.15, -0.1) is 0 Å². The van der Waals surface area contributed by atoms with Crippen molar-refractivity contribution in [3.05, 3.63) is 71.3 Å². The fourth-order valence-corrected chi connectivity index (χ4v) is 2.19. The van der Waals surface area contributed by atoms with Crippen molar-refractivity contribution in [2.24, 2.45) is 0 Å². The summed E-state index contributed by atoms with van der Waals surface area (Å²) in [6.45, 7) is 1.96. The first kappa shape index (κ1) is 14.8. The van der Waals surface area contributed by atoms with Crippen LogP contribution in [0, 0.1) is 0 Å². The van der Waals surface area contributed by atoms with Gasteiger partial charge in [0.05, 0.1) is 0 Å². The molecule has 0 saturated heterocycles. The molecule has 4 heteroatoms. The molecule has 2 aromatic carbocycles. The SMILES string of the molecule is CCc1ccccc1C(=O)NC(C(=O)O)c1ccccc1. The Bertz CT molecular complexity index is 637. The van der Waals surface area contributed by atoms with Crippen LogP contribution in [0.2, 0.25) is 0 Å². The first-order valence-corrected chi connectivity index (χ1v) is 6.80. The van der Waals surface area contributed by atoms with Crippen molar-refractivity contribution < 1.29 is 14.7 Å². The molecule has 0 aliphatic heterocycles. The second-order valence-electron chi connectivity index (χ2n) is 4.67. The number of carboxylic acid groups (broad SMARTS) is 1. The number of carbonyl (C=O) groups excluding carboxylic acids is 1. The molecule has 0 radical (unpaired) electrons. The Labute approximate surface area is 123 Å².